The summed E-state index contributed by atoms with van der Waals surface area (Å²) in [4.78, 5) is 48.9. The van der Waals surface area contributed by atoms with Crippen LogP contribution in [0.2, 0.25) is 0 Å². The van der Waals surface area contributed by atoms with Gasteiger partial charge in [0, 0.05) is 34.6 Å². The van der Waals surface area contributed by atoms with E-state index in [0.717, 1.165) is 47.8 Å². The summed E-state index contributed by atoms with van der Waals surface area (Å²) in [5.41, 5.74) is 5.89. The zero-order valence-electron chi connectivity index (χ0n) is 36.0. The first-order chi connectivity index (χ1) is 30.3. The van der Waals surface area contributed by atoms with Crippen molar-refractivity contribution in [2.24, 2.45) is 5.92 Å². The second-order valence-electron chi connectivity index (χ2n) is 17.5. The number of carbonyl (C=O) groups is 2. The van der Waals surface area contributed by atoms with E-state index >= 15 is 0 Å². The molecule has 1 saturated heterocycles. The molecule has 0 saturated carbocycles. The standard InChI is InChI=1S/C49H52N6O8/c1-5-32-35-21-31(56)13-15-39(35)50-45-37(32)25-54-40(45)23-38-33(47(54)61)14-16-43(59)49(38,6-2)63-44(60)26-53-19-17-29(18-20-53)8-7-28-9-11-30(12-10-28)55-46(51-52-48(55)62)36-22-34(27(3)4)41(57)24-42(36)58/h9-13,15,21-24,27,29,56-58H,5-8,14,16-20,25-26H2,1-4H3,(H,52,62)/t49-/m0/s1. The lowest BCUT2D eigenvalue weighted by molar-refractivity contribution is -0.172. The van der Waals surface area contributed by atoms with Gasteiger partial charge in [-0.3, -0.25) is 19.3 Å². The van der Waals surface area contributed by atoms with Crippen LogP contribution in [0.25, 0.3) is 39.4 Å². The minimum absolute atomic E-state index is 0.00702. The monoisotopic (exact) mass is 852 g/mol. The number of hydrogen-bond acceptors (Lipinski definition) is 12. The number of hydrogen-bond donors (Lipinski definition) is 4. The lowest BCUT2D eigenvalue weighted by atomic mass is 9.76. The van der Waals surface area contributed by atoms with Gasteiger partial charge in [-0.25, -0.2) is 9.55 Å². The molecule has 14 heteroatoms. The van der Waals surface area contributed by atoms with Crippen molar-refractivity contribution in [2.45, 2.75) is 97.1 Å². The smallest absolute Gasteiger partial charge is 0.321 e. The Balaban J connectivity index is 0.848. The largest absolute Gasteiger partial charge is 0.508 e. The van der Waals surface area contributed by atoms with E-state index in [1.54, 1.807) is 28.8 Å². The van der Waals surface area contributed by atoms with Crippen LogP contribution in [0, 0.1) is 5.92 Å². The number of aromatic nitrogens is 5. The van der Waals surface area contributed by atoms with Crippen molar-refractivity contribution in [1.82, 2.24) is 29.2 Å². The van der Waals surface area contributed by atoms with Crippen LogP contribution in [0.4, 0.5) is 0 Å². The zero-order chi connectivity index (χ0) is 44.3. The Kier molecular flexibility index (Phi) is 10.8. The van der Waals surface area contributed by atoms with Crippen LogP contribution in [-0.2, 0) is 45.7 Å². The third kappa shape index (κ3) is 7.29. The lowest BCUT2D eigenvalue weighted by Gasteiger charge is -2.37. The van der Waals surface area contributed by atoms with E-state index in [0.29, 0.717) is 76.8 Å². The summed E-state index contributed by atoms with van der Waals surface area (Å²) in [5, 5.41) is 50.8. The number of nitrogens with zero attached hydrogens (tertiary/aromatic N) is 6. The van der Waals surface area contributed by atoms with Crippen molar-refractivity contribution >= 4 is 22.7 Å². The van der Waals surface area contributed by atoms with Gasteiger partial charge in [-0.1, -0.05) is 44.9 Å². The van der Waals surface area contributed by atoms with Crippen LogP contribution >= 0.6 is 0 Å². The molecule has 0 bridgehead atoms. The fourth-order valence-electron chi connectivity index (χ4n) is 10.1. The number of phenolic OH excluding ortho intramolecular Hbond substituents is 3. The van der Waals surface area contributed by atoms with Gasteiger partial charge in [0.1, 0.15) is 17.2 Å². The maximum Gasteiger partial charge on any atom is 0.321 e. The van der Waals surface area contributed by atoms with Gasteiger partial charge < -0.3 is 29.7 Å². The molecule has 326 valence electrons. The van der Waals surface area contributed by atoms with Crippen molar-refractivity contribution < 1.29 is 34.8 Å². The van der Waals surface area contributed by atoms with Crippen molar-refractivity contribution in [3.8, 4) is 51.7 Å². The van der Waals surface area contributed by atoms with E-state index < -0.39 is 11.6 Å². The number of Topliss-reactive ketones (excluding diaryl/α,β-unsaturated/α-hetero) is 1. The molecule has 6 aromatic rings. The van der Waals surface area contributed by atoms with E-state index in [1.165, 1.54) is 10.6 Å². The Bertz CT molecular complexity index is 2860. The highest BCUT2D eigenvalue weighted by atomic mass is 16.6. The molecule has 0 amide bonds. The van der Waals surface area contributed by atoms with E-state index in [2.05, 4.69) is 15.1 Å². The summed E-state index contributed by atoms with van der Waals surface area (Å²) < 4.78 is 9.45. The Hall–Kier alpha value is -6.54. The molecule has 3 aliphatic rings. The maximum atomic E-state index is 14.2. The molecule has 14 nitrogen and oxygen atoms in total. The van der Waals surface area contributed by atoms with E-state index in [9.17, 15) is 34.8 Å². The summed E-state index contributed by atoms with van der Waals surface area (Å²) in [6.45, 7) is 9.56. The molecule has 0 unspecified atom stereocenters. The molecule has 1 aliphatic carbocycles. The molecule has 4 N–H and O–H groups in total. The second kappa shape index (κ2) is 16.3. The highest BCUT2D eigenvalue weighted by molar-refractivity contribution is 5.94. The number of ether oxygens (including phenoxy) is 1. The summed E-state index contributed by atoms with van der Waals surface area (Å²) in [5.74, 6) is -0.0261. The number of rotatable bonds is 11. The highest BCUT2D eigenvalue weighted by Crippen LogP contribution is 2.44. The molecule has 1 atom stereocenters. The molecule has 3 aromatic heterocycles. The number of likely N-dealkylation sites (tertiary alicyclic amines) is 1. The number of aromatic hydroxyl groups is 4. The fraction of sp³-hybridized carbons (Fsp3) is 0.388. The van der Waals surface area contributed by atoms with Gasteiger partial charge in [0.05, 0.1) is 41.2 Å². The van der Waals surface area contributed by atoms with Crippen molar-refractivity contribution in [2.75, 3.05) is 19.6 Å². The summed E-state index contributed by atoms with van der Waals surface area (Å²) >= 11 is 0. The minimum atomic E-state index is -1.56. The average Bonchev–Trinajstić information content (AvgIpc) is 3.83. The number of benzene rings is 3. The van der Waals surface area contributed by atoms with Gasteiger partial charge in [0.15, 0.2) is 17.2 Å². The first-order valence-electron chi connectivity index (χ1n) is 22.0. The van der Waals surface area contributed by atoms with Gasteiger partial charge in [0.2, 0.25) is 0 Å². The third-order valence-corrected chi connectivity index (χ3v) is 13.5. The van der Waals surface area contributed by atoms with Crippen molar-refractivity contribution in [3.63, 3.8) is 0 Å². The van der Waals surface area contributed by atoms with Crippen LogP contribution in [0.3, 0.4) is 0 Å². The molecule has 63 heavy (non-hydrogen) atoms. The van der Waals surface area contributed by atoms with Gasteiger partial charge in [0.25, 0.3) is 5.56 Å². The van der Waals surface area contributed by atoms with Gasteiger partial charge in [-0.05, 0) is 129 Å². The summed E-state index contributed by atoms with van der Waals surface area (Å²) in [6.07, 6.45) is 4.89. The zero-order valence-corrected chi connectivity index (χ0v) is 36.0. The predicted octanol–water partition coefficient (Wildman–Crippen LogP) is 7.19. The highest BCUT2D eigenvalue weighted by Gasteiger charge is 2.48. The van der Waals surface area contributed by atoms with Crippen LogP contribution < -0.4 is 5.56 Å². The number of fused-ring (bicyclic) bond motifs is 5. The van der Waals surface area contributed by atoms with Gasteiger partial charge in [-0.15, -0.1) is 5.10 Å². The Morgan fingerprint density at radius 2 is 1.67 bits per heavy atom. The molecule has 0 spiro atoms. The number of phenols is 3. The van der Waals surface area contributed by atoms with Crippen LogP contribution in [0.5, 0.6) is 23.3 Å². The maximum absolute atomic E-state index is 14.2. The molecule has 0 radical (unpaired) electrons. The van der Waals surface area contributed by atoms with Crippen molar-refractivity contribution in [1.29, 1.82) is 0 Å². The first-order valence-corrected chi connectivity index (χ1v) is 22.0. The normalized spacial score (nSPS) is 17.6. The SMILES string of the molecule is CCc1c2c(nc3ccc(O)cc13)-c1cc3c(c(=O)n1C2)CCC(=O)[C@@]3(CC)OC(=O)CN1CCC(CCc2ccc(-n3c(O)nnc3-c3cc(C(C)C)c(O)cc3O)cc2)CC1. The Labute approximate surface area is 364 Å². The van der Waals surface area contributed by atoms with Crippen LogP contribution in [0.15, 0.2) is 65.5 Å². The lowest BCUT2D eigenvalue weighted by Crippen LogP contribution is -2.48. The third-order valence-electron chi connectivity index (χ3n) is 13.5. The number of carbonyl (C=O) groups excluding carboxylic acids is 2. The Morgan fingerprint density at radius 1 is 0.905 bits per heavy atom. The number of piperidine rings is 1. The van der Waals surface area contributed by atoms with Crippen LogP contribution in [-0.4, -0.2) is 81.0 Å². The van der Waals surface area contributed by atoms with E-state index in [-0.39, 0.29) is 72.2 Å². The number of esters is 1. The quantitative estimate of drug-likeness (QED) is 0.0959. The molecular formula is C49H52N6O8. The molecule has 5 heterocycles. The van der Waals surface area contributed by atoms with Crippen molar-refractivity contribution in [3.05, 3.63) is 104 Å². The molecule has 1 fully saturated rings. The predicted molar refractivity (Wildman–Crippen MR) is 236 cm³/mol. The number of ketones is 1. The second-order valence-corrected chi connectivity index (χ2v) is 17.5. The molecule has 9 rings (SSSR count). The molecular weight excluding hydrogens is 801 g/mol. The molecule has 3 aromatic carbocycles. The average molecular weight is 853 g/mol. The number of pyridine rings is 2. The summed E-state index contributed by atoms with van der Waals surface area (Å²) in [7, 11) is 0. The van der Waals surface area contributed by atoms with Crippen LogP contribution in [0.1, 0.15) is 99.1 Å². The number of aryl methyl sites for hydroxylation is 2. The molecule has 2 aliphatic heterocycles. The Morgan fingerprint density at radius 3 is 2.38 bits per heavy atom. The topological polar surface area (TPSA) is 193 Å². The van der Waals surface area contributed by atoms with Gasteiger partial charge in [-0.2, -0.15) is 0 Å². The van der Waals surface area contributed by atoms with Gasteiger partial charge >= 0.3 is 12.0 Å². The van der Waals surface area contributed by atoms with E-state index in [1.807, 2.05) is 58.0 Å². The summed E-state index contributed by atoms with van der Waals surface area (Å²) in [6, 6.07) is 17.3. The van der Waals surface area contributed by atoms with E-state index in [4.69, 9.17) is 9.72 Å². The first kappa shape index (κ1) is 41.8. The fourth-order valence-corrected chi connectivity index (χ4v) is 10.1. The minimum Gasteiger partial charge on any atom is -0.508 e.